The van der Waals surface area contributed by atoms with Crippen molar-refractivity contribution < 1.29 is 15.0 Å². The van der Waals surface area contributed by atoms with Crippen molar-refractivity contribution in [1.82, 2.24) is 15.5 Å². The Labute approximate surface area is 186 Å². The first-order chi connectivity index (χ1) is 15.6. The molecular weight excluding hydrogens is 402 g/mol. The monoisotopic (exact) mass is 425 g/mol. The lowest BCUT2D eigenvalue weighted by Crippen LogP contribution is -2.31. The zero-order valence-corrected chi connectivity index (χ0v) is 17.3. The van der Waals surface area contributed by atoms with E-state index in [9.17, 15) is 15.0 Å². The second-order valence-corrected chi connectivity index (χ2v) is 7.98. The van der Waals surface area contributed by atoms with Gasteiger partial charge in [0.2, 0.25) is 0 Å². The number of nitrogens with zero attached hydrogens (tertiary/aromatic N) is 1. The van der Waals surface area contributed by atoms with Crippen LogP contribution in [-0.2, 0) is 17.6 Å². The van der Waals surface area contributed by atoms with Crippen LogP contribution < -0.4 is 10.6 Å². The number of amides is 1. The number of phenolic OH excluding ortho intramolecular Hbond substituents is 2. The van der Waals surface area contributed by atoms with Crippen LogP contribution in [0.4, 0.5) is 0 Å². The summed E-state index contributed by atoms with van der Waals surface area (Å²) < 4.78 is 0. The second-order valence-electron chi connectivity index (χ2n) is 7.98. The number of aromatic hydroxyl groups is 2. The number of phenols is 2. The molecule has 0 spiro atoms. The zero-order chi connectivity index (χ0) is 22.1. The fourth-order valence-corrected chi connectivity index (χ4v) is 4.04. The normalized spacial score (nSPS) is 17.5. The smallest absolute Gasteiger partial charge is 0.255 e. The van der Waals surface area contributed by atoms with Crippen LogP contribution in [0.1, 0.15) is 16.7 Å². The molecule has 6 nitrogen and oxygen atoms in total. The molecule has 4 N–H and O–H groups in total. The molecular formula is C26H23N3O3. The molecule has 1 unspecified atom stereocenters. The molecule has 6 heteroatoms. The van der Waals surface area contributed by atoms with E-state index in [0.717, 1.165) is 33.9 Å². The van der Waals surface area contributed by atoms with Gasteiger partial charge in [0.05, 0.1) is 11.4 Å². The molecule has 2 aliphatic heterocycles. The minimum atomic E-state index is -0.405. The van der Waals surface area contributed by atoms with Gasteiger partial charge < -0.3 is 20.8 Å². The topological polar surface area (TPSA) is 84.8 Å². The van der Waals surface area contributed by atoms with Gasteiger partial charge in [-0.25, -0.2) is 0 Å². The van der Waals surface area contributed by atoms with Crippen LogP contribution in [0.2, 0.25) is 0 Å². The molecule has 0 aliphatic carbocycles. The molecule has 0 aromatic heterocycles. The Hall–Kier alpha value is -4.19. The number of rotatable bonds is 5. The van der Waals surface area contributed by atoms with Crippen LogP contribution in [-0.4, -0.2) is 27.1 Å². The molecule has 160 valence electrons. The molecule has 0 saturated carbocycles. The largest absolute Gasteiger partial charge is 0.508 e. The van der Waals surface area contributed by atoms with Gasteiger partial charge in [-0.2, -0.15) is 0 Å². The van der Waals surface area contributed by atoms with Crippen LogP contribution in [0.3, 0.4) is 0 Å². The maximum atomic E-state index is 13.3. The predicted octanol–water partition coefficient (Wildman–Crippen LogP) is 3.45. The van der Waals surface area contributed by atoms with Crippen molar-refractivity contribution in [2.24, 2.45) is 0 Å². The van der Waals surface area contributed by atoms with Crippen molar-refractivity contribution >= 4 is 11.6 Å². The van der Waals surface area contributed by atoms with Crippen LogP contribution in [0.15, 0.2) is 96.6 Å². The summed E-state index contributed by atoms with van der Waals surface area (Å²) in [5, 5.41) is 26.1. The van der Waals surface area contributed by atoms with E-state index in [-0.39, 0.29) is 17.4 Å². The lowest BCUT2D eigenvalue weighted by Gasteiger charge is -2.26. The molecule has 32 heavy (non-hydrogen) atoms. The molecule has 1 atom stereocenters. The third-order valence-corrected chi connectivity index (χ3v) is 5.70. The van der Waals surface area contributed by atoms with Crippen molar-refractivity contribution in [3.8, 4) is 11.5 Å². The number of carbonyl (C=O) groups is 1. The van der Waals surface area contributed by atoms with Gasteiger partial charge in [0, 0.05) is 19.0 Å². The number of fused-ring (bicyclic) bond motifs is 1. The lowest BCUT2D eigenvalue weighted by atomic mass is 10.1. The lowest BCUT2D eigenvalue weighted by molar-refractivity contribution is -0.126. The summed E-state index contributed by atoms with van der Waals surface area (Å²) >= 11 is 0. The van der Waals surface area contributed by atoms with Crippen molar-refractivity contribution in [2.45, 2.75) is 18.9 Å². The van der Waals surface area contributed by atoms with E-state index in [4.69, 9.17) is 0 Å². The molecule has 1 saturated heterocycles. The standard InChI is InChI=1S/C26H23N3O3/c30-20-10-6-18(7-11-20)15-23-26(32)29-16-24(19-8-12-21(31)13-9-19)27-22(25(29)28-23)14-17-4-2-1-3-5-17/h1-13,16,23,27-28,30-31H,14-15H2. The average molecular weight is 425 g/mol. The first kappa shape index (κ1) is 19.8. The van der Waals surface area contributed by atoms with Gasteiger partial charge in [-0.05, 0) is 53.1 Å². The molecule has 2 aliphatic rings. The number of hydrogen-bond donors (Lipinski definition) is 4. The second kappa shape index (κ2) is 8.15. The molecule has 3 aromatic rings. The van der Waals surface area contributed by atoms with Gasteiger partial charge >= 0.3 is 0 Å². The van der Waals surface area contributed by atoms with E-state index in [2.05, 4.69) is 22.8 Å². The molecule has 0 bridgehead atoms. The number of hydrogen-bond acceptors (Lipinski definition) is 5. The van der Waals surface area contributed by atoms with Gasteiger partial charge in [-0.1, -0.05) is 42.5 Å². The number of allylic oxidation sites excluding steroid dienone is 1. The SMILES string of the molecule is O=C1C(Cc2ccc(O)cc2)NC2=C(Cc3ccccc3)NC(c3ccc(O)cc3)=CN12. The van der Waals surface area contributed by atoms with Crippen molar-refractivity contribution in [3.05, 3.63) is 113 Å². The Morgan fingerprint density at radius 1 is 0.812 bits per heavy atom. The summed E-state index contributed by atoms with van der Waals surface area (Å²) in [6.45, 7) is 0. The molecule has 2 heterocycles. The van der Waals surface area contributed by atoms with Gasteiger partial charge in [0.25, 0.3) is 5.91 Å². The van der Waals surface area contributed by atoms with Gasteiger partial charge in [-0.15, -0.1) is 0 Å². The molecule has 0 radical (unpaired) electrons. The fraction of sp³-hybridized carbons (Fsp3) is 0.115. The molecule has 3 aromatic carbocycles. The van der Waals surface area contributed by atoms with Crippen LogP contribution in [0, 0.1) is 0 Å². The minimum absolute atomic E-state index is 0.0311. The number of nitrogens with one attached hydrogen (secondary N) is 2. The van der Waals surface area contributed by atoms with Crippen molar-refractivity contribution in [2.75, 3.05) is 0 Å². The third kappa shape index (κ3) is 3.90. The third-order valence-electron chi connectivity index (χ3n) is 5.70. The highest BCUT2D eigenvalue weighted by Crippen LogP contribution is 2.30. The van der Waals surface area contributed by atoms with Gasteiger partial charge in [-0.3, -0.25) is 9.69 Å². The number of benzene rings is 3. The average Bonchev–Trinajstić information content (AvgIpc) is 3.12. The highest BCUT2D eigenvalue weighted by atomic mass is 16.3. The van der Waals surface area contributed by atoms with Crippen molar-refractivity contribution in [3.63, 3.8) is 0 Å². The highest BCUT2D eigenvalue weighted by molar-refractivity contribution is 5.90. The van der Waals surface area contributed by atoms with Crippen molar-refractivity contribution in [1.29, 1.82) is 0 Å². The molecule has 5 rings (SSSR count). The zero-order valence-electron chi connectivity index (χ0n) is 17.3. The van der Waals surface area contributed by atoms with E-state index in [0.29, 0.717) is 12.8 Å². The fourth-order valence-electron chi connectivity index (χ4n) is 4.04. The van der Waals surface area contributed by atoms with Crippen LogP contribution >= 0.6 is 0 Å². The highest BCUT2D eigenvalue weighted by Gasteiger charge is 2.38. The predicted molar refractivity (Wildman–Crippen MR) is 122 cm³/mol. The van der Waals surface area contributed by atoms with E-state index >= 15 is 0 Å². The summed E-state index contributed by atoms with van der Waals surface area (Å²) in [5.41, 5.74) is 4.67. The minimum Gasteiger partial charge on any atom is -0.508 e. The maximum Gasteiger partial charge on any atom is 0.255 e. The first-order valence-electron chi connectivity index (χ1n) is 10.5. The Kier molecular flexibility index (Phi) is 5.03. The Balaban J connectivity index is 1.48. The Morgan fingerprint density at radius 3 is 2.16 bits per heavy atom. The summed E-state index contributed by atoms with van der Waals surface area (Å²) in [6.07, 6.45) is 2.96. The first-order valence-corrected chi connectivity index (χ1v) is 10.5. The van der Waals surface area contributed by atoms with Crippen LogP contribution in [0.5, 0.6) is 11.5 Å². The summed E-state index contributed by atoms with van der Waals surface area (Å²) in [5.74, 6) is 1.12. The quantitative estimate of drug-likeness (QED) is 0.503. The summed E-state index contributed by atoms with van der Waals surface area (Å²) in [7, 11) is 0. The van der Waals surface area contributed by atoms with E-state index < -0.39 is 6.04 Å². The number of carbonyl (C=O) groups excluding carboxylic acids is 1. The van der Waals surface area contributed by atoms with Gasteiger partial charge in [0.15, 0.2) is 0 Å². The van der Waals surface area contributed by atoms with Gasteiger partial charge in [0.1, 0.15) is 23.4 Å². The summed E-state index contributed by atoms with van der Waals surface area (Å²) in [6, 6.07) is 23.5. The van der Waals surface area contributed by atoms with E-state index in [1.165, 1.54) is 0 Å². The maximum absolute atomic E-state index is 13.3. The van der Waals surface area contributed by atoms with E-state index in [1.54, 1.807) is 29.2 Å². The Bertz CT molecular complexity index is 1200. The Morgan fingerprint density at radius 2 is 1.47 bits per heavy atom. The molecule has 1 fully saturated rings. The van der Waals surface area contributed by atoms with E-state index in [1.807, 2.05) is 48.7 Å². The summed E-state index contributed by atoms with van der Waals surface area (Å²) in [4.78, 5) is 15.0. The molecule has 1 amide bonds. The van der Waals surface area contributed by atoms with Crippen LogP contribution in [0.25, 0.3) is 5.70 Å².